The molecule has 1 aliphatic heterocycles. The van der Waals surface area contributed by atoms with E-state index in [0.717, 1.165) is 12.8 Å². The molecule has 0 aliphatic carbocycles. The zero-order valence-electron chi connectivity index (χ0n) is 18.4. The molecule has 1 saturated heterocycles. The van der Waals surface area contributed by atoms with Crippen LogP contribution in [0.2, 0.25) is 0 Å². The maximum Gasteiger partial charge on any atom is 0.319 e. The Bertz CT molecular complexity index is 895. The summed E-state index contributed by atoms with van der Waals surface area (Å²) in [7, 11) is 7.00. The van der Waals surface area contributed by atoms with Gasteiger partial charge in [0.05, 0.1) is 31.5 Å². The highest BCUT2D eigenvalue weighted by molar-refractivity contribution is 7.10. The third kappa shape index (κ3) is 5.48. The number of benzene rings is 1. The molecule has 2 aromatic rings. The number of hydrogen-bond donors (Lipinski definition) is 2. The summed E-state index contributed by atoms with van der Waals surface area (Å²) in [4.78, 5) is 30.8. The molecule has 8 nitrogen and oxygen atoms in total. The lowest BCUT2D eigenvalue weighted by Gasteiger charge is -2.24. The van der Waals surface area contributed by atoms with Crippen LogP contribution in [0.5, 0.6) is 11.5 Å². The smallest absolute Gasteiger partial charge is 0.319 e. The van der Waals surface area contributed by atoms with E-state index in [2.05, 4.69) is 21.6 Å². The van der Waals surface area contributed by atoms with Crippen LogP contribution >= 0.6 is 11.3 Å². The fourth-order valence-corrected chi connectivity index (χ4v) is 4.55. The molecule has 31 heavy (non-hydrogen) atoms. The standard InChI is InChI=1S/C22H30N4O4S/c1-25(2)17(20-8-7-11-31-20)14-23-22(28)24-16-13-19(30-4)18(29-3)12-15(16)21(27)26-9-5-6-10-26/h7-8,11-13,17H,5-6,9-10,14H2,1-4H3,(H2,23,24,28)/t17-/m0/s1. The van der Waals surface area contributed by atoms with Crippen LogP contribution in [0.4, 0.5) is 10.5 Å². The molecule has 0 saturated carbocycles. The van der Waals surface area contributed by atoms with Crippen molar-refractivity contribution in [3.63, 3.8) is 0 Å². The van der Waals surface area contributed by atoms with Gasteiger partial charge in [-0.25, -0.2) is 4.79 Å². The highest BCUT2D eigenvalue weighted by Gasteiger charge is 2.25. The fraction of sp³-hybridized carbons (Fsp3) is 0.455. The van der Waals surface area contributed by atoms with Crippen LogP contribution in [0, 0.1) is 0 Å². The molecule has 0 spiro atoms. The number of thiophene rings is 1. The summed E-state index contributed by atoms with van der Waals surface area (Å²) in [5.74, 6) is 0.764. The molecular weight excluding hydrogens is 416 g/mol. The van der Waals surface area contributed by atoms with Crippen LogP contribution in [-0.2, 0) is 0 Å². The van der Waals surface area contributed by atoms with Crippen LogP contribution in [0.3, 0.4) is 0 Å². The topological polar surface area (TPSA) is 83.1 Å². The van der Waals surface area contributed by atoms with Gasteiger partial charge in [0.1, 0.15) is 0 Å². The van der Waals surface area contributed by atoms with Crippen LogP contribution in [0.1, 0.15) is 34.1 Å². The van der Waals surface area contributed by atoms with Crippen molar-refractivity contribution in [3.05, 3.63) is 40.1 Å². The van der Waals surface area contributed by atoms with Gasteiger partial charge in [-0.05, 0) is 44.4 Å². The van der Waals surface area contributed by atoms with E-state index < -0.39 is 0 Å². The minimum absolute atomic E-state index is 0.0573. The molecule has 1 aliphatic rings. The largest absolute Gasteiger partial charge is 0.493 e. The first-order chi connectivity index (χ1) is 14.9. The van der Waals surface area contributed by atoms with Crippen molar-refractivity contribution in [1.82, 2.24) is 15.1 Å². The van der Waals surface area contributed by atoms with Crippen LogP contribution < -0.4 is 20.1 Å². The number of likely N-dealkylation sites (tertiary alicyclic amines) is 1. The van der Waals surface area contributed by atoms with Crippen molar-refractivity contribution >= 4 is 29.0 Å². The van der Waals surface area contributed by atoms with Crippen LogP contribution in [-0.4, -0.2) is 69.7 Å². The lowest BCUT2D eigenvalue weighted by Crippen LogP contribution is -2.37. The molecule has 3 rings (SSSR count). The molecular formula is C22H30N4O4S. The summed E-state index contributed by atoms with van der Waals surface area (Å²) >= 11 is 1.65. The first-order valence-electron chi connectivity index (χ1n) is 10.2. The fourth-order valence-electron chi connectivity index (χ4n) is 3.62. The van der Waals surface area contributed by atoms with Crippen molar-refractivity contribution in [1.29, 1.82) is 0 Å². The Labute approximate surface area is 187 Å². The minimum Gasteiger partial charge on any atom is -0.493 e. The van der Waals surface area contributed by atoms with Gasteiger partial charge >= 0.3 is 6.03 Å². The number of carbonyl (C=O) groups is 2. The molecule has 1 aromatic carbocycles. The van der Waals surface area contributed by atoms with E-state index in [4.69, 9.17) is 9.47 Å². The lowest BCUT2D eigenvalue weighted by molar-refractivity contribution is 0.0793. The molecule has 168 valence electrons. The van der Waals surface area contributed by atoms with Gasteiger partial charge in [-0.3, -0.25) is 4.79 Å². The van der Waals surface area contributed by atoms with E-state index in [1.54, 1.807) is 28.4 Å². The number of ether oxygens (including phenoxy) is 2. The Morgan fingerprint density at radius 2 is 1.84 bits per heavy atom. The summed E-state index contributed by atoms with van der Waals surface area (Å²) in [6, 6.07) is 6.98. The number of anilines is 1. The molecule has 1 atom stereocenters. The Hall–Kier alpha value is -2.78. The summed E-state index contributed by atoms with van der Waals surface area (Å²) in [6.45, 7) is 1.86. The summed E-state index contributed by atoms with van der Waals surface area (Å²) in [5.41, 5.74) is 0.779. The van der Waals surface area contributed by atoms with Crippen molar-refractivity contribution in [2.45, 2.75) is 18.9 Å². The first kappa shape index (κ1) is 22.9. The van der Waals surface area contributed by atoms with Gasteiger partial charge in [0.15, 0.2) is 11.5 Å². The number of amides is 3. The normalized spacial score (nSPS) is 14.4. The second kappa shape index (κ2) is 10.5. The predicted octanol–water partition coefficient (Wildman–Crippen LogP) is 3.43. The number of likely N-dealkylation sites (N-methyl/N-ethyl adjacent to an activating group) is 1. The monoisotopic (exact) mass is 446 g/mol. The van der Waals surface area contributed by atoms with Crippen LogP contribution in [0.15, 0.2) is 29.6 Å². The van der Waals surface area contributed by atoms with Gasteiger partial charge in [-0.15, -0.1) is 11.3 Å². The maximum atomic E-state index is 13.1. The molecule has 1 fully saturated rings. The molecule has 0 bridgehead atoms. The molecule has 0 unspecified atom stereocenters. The Kier molecular flexibility index (Phi) is 7.75. The highest BCUT2D eigenvalue weighted by Crippen LogP contribution is 2.34. The maximum absolute atomic E-state index is 13.1. The van der Waals surface area contributed by atoms with Crippen LogP contribution in [0.25, 0.3) is 0 Å². The molecule has 9 heteroatoms. The van der Waals surface area contributed by atoms with E-state index in [-0.39, 0.29) is 18.0 Å². The van der Waals surface area contributed by atoms with Crippen molar-refractivity contribution in [2.75, 3.05) is 53.3 Å². The molecule has 2 heterocycles. The quantitative estimate of drug-likeness (QED) is 0.649. The number of nitrogens with one attached hydrogen (secondary N) is 2. The number of carbonyl (C=O) groups excluding carboxylic acids is 2. The Morgan fingerprint density at radius 3 is 2.42 bits per heavy atom. The first-order valence-corrected chi connectivity index (χ1v) is 11.1. The third-order valence-corrected chi connectivity index (χ3v) is 6.32. The molecule has 1 aromatic heterocycles. The number of methoxy groups -OCH3 is 2. The SMILES string of the molecule is COc1cc(NC(=O)NC[C@@H](c2cccs2)N(C)C)c(C(=O)N2CCCC2)cc1OC. The number of urea groups is 1. The average Bonchev–Trinajstić information content (AvgIpc) is 3.47. The summed E-state index contributed by atoms with van der Waals surface area (Å²) in [6.07, 6.45) is 1.97. The zero-order chi connectivity index (χ0) is 22.4. The van der Waals surface area contributed by atoms with E-state index in [1.165, 1.54) is 19.1 Å². The summed E-state index contributed by atoms with van der Waals surface area (Å²) in [5, 5.41) is 7.77. The minimum atomic E-state index is -0.383. The van der Waals surface area contributed by atoms with Gasteiger partial charge in [0.25, 0.3) is 5.91 Å². The van der Waals surface area contributed by atoms with Crippen molar-refractivity contribution in [2.24, 2.45) is 0 Å². The molecule has 2 N–H and O–H groups in total. The second-order valence-corrected chi connectivity index (χ2v) is 8.56. The number of hydrogen-bond acceptors (Lipinski definition) is 6. The third-order valence-electron chi connectivity index (χ3n) is 5.35. The van der Waals surface area contributed by atoms with Gasteiger partial charge in [-0.1, -0.05) is 6.07 Å². The Morgan fingerprint density at radius 1 is 1.16 bits per heavy atom. The predicted molar refractivity (Wildman–Crippen MR) is 122 cm³/mol. The number of nitrogens with zero attached hydrogens (tertiary/aromatic N) is 2. The van der Waals surface area contributed by atoms with E-state index in [1.807, 2.05) is 25.5 Å². The van der Waals surface area contributed by atoms with Gasteiger partial charge in [0, 0.05) is 30.6 Å². The highest BCUT2D eigenvalue weighted by atomic mass is 32.1. The van der Waals surface area contributed by atoms with Gasteiger partial charge < -0.3 is 29.9 Å². The van der Waals surface area contributed by atoms with E-state index >= 15 is 0 Å². The Balaban J connectivity index is 1.78. The van der Waals surface area contributed by atoms with Crippen molar-refractivity contribution in [3.8, 4) is 11.5 Å². The average molecular weight is 447 g/mol. The lowest BCUT2D eigenvalue weighted by atomic mass is 10.1. The van der Waals surface area contributed by atoms with Gasteiger partial charge in [-0.2, -0.15) is 0 Å². The van der Waals surface area contributed by atoms with Crippen molar-refractivity contribution < 1.29 is 19.1 Å². The zero-order valence-corrected chi connectivity index (χ0v) is 19.3. The van der Waals surface area contributed by atoms with Gasteiger partial charge in [0.2, 0.25) is 0 Å². The molecule has 3 amide bonds. The number of rotatable bonds is 8. The van der Waals surface area contributed by atoms with E-state index in [0.29, 0.717) is 42.4 Å². The van der Waals surface area contributed by atoms with E-state index in [9.17, 15) is 9.59 Å². The second-order valence-electron chi connectivity index (χ2n) is 7.58. The summed E-state index contributed by atoms with van der Waals surface area (Å²) < 4.78 is 10.7. The molecule has 0 radical (unpaired) electrons.